The van der Waals surface area contributed by atoms with E-state index in [4.69, 9.17) is 11.6 Å². The van der Waals surface area contributed by atoms with Crippen LogP contribution in [-0.2, 0) is 10.2 Å². The molecule has 0 bridgehead atoms. The molecule has 1 aliphatic carbocycles. The molecule has 1 fully saturated rings. The van der Waals surface area contributed by atoms with Crippen LogP contribution < -0.4 is 5.32 Å². The van der Waals surface area contributed by atoms with Crippen molar-refractivity contribution in [1.29, 1.82) is 0 Å². The van der Waals surface area contributed by atoms with Crippen LogP contribution in [0, 0.1) is 13.8 Å². The number of benzene rings is 2. The van der Waals surface area contributed by atoms with E-state index in [-0.39, 0.29) is 5.91 Å². The summed E-state index contributed by atoms with van der Waals surface area (Å²) in [5, 5.41) is 8.42. The van der Waals surface area contributed by atoms with Crippen molar-refractivity contribution < 1.29 is 4.79 Å². The molecular weight excluding hydrogens is 346 g/mol. The Morgan fingerprint density at radius 3 is 2.35 bits per heavy atom. The van der Waals surface area contributed by atoms with E-state index >= 15 is 0 Å². The Morgan fingerprint density at radius 2 is 1.73 bits per heavy atom. The number of nitrogens with one attached hydrogen (secondary N) is 1. The molecule has 1 N–H and O–H groups in total. The summed E-state index contributed by atoms with van der Waals surface area (Å²) < 4.78 is 1.87. The highest BCUT2D eigenvalue weighted by atomic mass is 35.5. The lowest BCUT2D eigenvalue weighted by atomic mass is 9.95. The first-order valence-electron chi connectivity index (χ1n) is 8.70. The molecule has 1 amide bonds. The van der Waals surface area contributed by atoms with Crippen molar-refractivity contribution in [2.24, 2.45) is 0 Å². The van der Waals surface area contributed by atoms with Gasteiger partial charge in [0.05, 0.1) is 28.2 Å². The van der Waals surface area contributed by atoms with Gasteiger partial charge in [0.1, 0.15) is 0 Å². The number of nitrogens with zero attached hydrogens (tertiary/aromatic N) is 2. The van der Waals surface area contributed by atoms with Crippen LogP contribution in [0.15, 0.2) is 54.6 Å². The van der Waals surface area contributed by atoms with Crippen molar-refractivity contribution in [2.75, 3.05) is 5.32 Å². The number of amides is 1. The average Bonchev–Trinajstić information content (AvgIpc) is 3.41. The SMILES string of the molecule is Cc1nn(-c2ccccc2)c(C)c1NC(=O)C1(c2ccc(Cl)cc2)CC1. The number of carbonyl (C=O) groups excluding carboxylic acids is 1. The predicted molar refractivity (Wildman–Crippen MR) is 104 cm³/mol. The molecule has 0 aliphatic heterocycles. The fourth-order valence-electron chi connectivity index (χ4n) is 3.42. The summed E-state index contributed by atoms with van der Waals surface area (Å²) in [7, 11) is 0. The number of anilines is 1. The molecule has 5 heteroatoms. The van der Waals surface area contributed by atoms with Crippen molar-refractivity contribution in [2.45, 2.75) is 32.1 Å². The average molecular weight is 366 g/mol. The molecule has 3 aromatic rings. The Labute approximate surface area is 157 Å². The molecule has 1 aromatic heterocycles. The number of rotatable bonds is 4. The number of halogens is 1. The van der Waals surface area contributed by atoms with Gasteiger partial charge in [0.15, 0.2) is 0 Å². The predicted octanol–water partition coefficient (Wildman–Crippen LogP) is 4.81. The number of carbonyl (C=O) groups is 1. The maximum absolute atomic E-state index is 13.1. The molecule has 0 saturated heterocycles. The molecule has 132 valence electrons. The van der Waals surface area contributed by atoms with E-state index in [9.17, 15) is 4.79 Å². The molecule has 0 unspecified atom stereocenters. The molecule has 4 rings (SSSR count). The zero-order chi connectivity index (χ0) is 18.3. The van der Waals surface area contributed by atoms with Gasteiger partial charge in [-0.25, -0.2) is 4.68 Å². The number of aromatic nitrogens is 2. The summed E-state index contributed by atoms with van der Waals surface area (Å²) in [6.45, 7) is 3.90. The van der Waals surface area contributed by atoms with Crippen LogP contribution in [0.1, 0.15) is 29.8 Å². The molecule has 1 aliphatic rings. The third-order valence-electron chi connectivity index (χ3n) is 5.11. The smallest absolute Gasteiger partial charge is 0.235 e. The lowest BCUT2D eigenvalue weighted by molar-refractivity contribution is -0.118. The van der Waals surface area contributed by atoms with Crippen molar-refractivity contribution in [3.63, 3.8) is 0 Å². The maximum Gasteiger partial charge on any atom is 0.235 e. The molecule has 1 saturated carbocycles. The Hall–Kier alpha value is -2.59. The van der Waals surface area contributed by atoms with Crippen molar-refractivity contribution >= 4 is 23.2 Å². The molecule has 1 heterocycles. The van der Waals surface area contributed by atoms with Crippen LogP contribution in [0.4, 0.5) is 5.69 Å². The highest BCUT2D eigenvalue weighted by molar-refractivity contribution is 6.30. The summed E-state index contributed by atoms with van der Waals surface area (Å²) in [5.41, 5.74) is 4.08. The first-order chi connectivity index (χ1) is 12.5. The van der Waals surface area contributed by atoms with E-state index in [1.807, 2.05) is 73.1 Å². The second kappa shape index (κ2) is 6.29. The zero-order valence-corrected chi connectivity index (χ0v) is 15.5. The molecule has 2 aromatic carbocycles. The van der Waals surface area contributed by atoms with E-state index in [0.717, 1.165) is 41.2 Å². The fourth-order valence-corrected chi connectivity index (χ4v) is 3.54. The highest BCUT2D eigenvalue weighted by Gasteiger charge is 2.51. The lowest BCUT2D eigenvalue weighted by Crippen LogP contribution is -2.28. The Balaban J connectivity index is 1.63. The number of hydrogen-bond donors (Lipinski definition) is 1. The van der Waals surface area contributed by atoms with Crippen LogP contribution in [0.3, 0.4) is 0 Å². The van der Waals surface area contributed by atoms with Gasteiger partial charge in [-0.3, -0.25) is 4.79 Å². The monoisotopic (exact) mass is 365 g/mol. The van der Waals surface area contributed by atoms with E-state index < -0.39 is 5.41 Å². The molecule has 0 spiro atoms. The second-order valence-corrected chi connectivity index (χ2v) is 7.27. The van der Waals surface area contributed by atoms with Crippen molar-refractivity contribution in [3.8, 4) is 5.69 Å². The third-order valence-corrected chi connectivity index (χ3v) is 5.36. The van der Waals surface area contributed by atoms with Gasteiger partial charge in [-0.1, -0.05) is 41.9 Å². The minimum Gasteiger partial charge on any atom is -0.322 e. The van der Waals surface area contributed by atoms with Gasteiger partial charge in [0.2, 0.25) is 5.91 Å². The summed E-state index contributed by atoms with van der Waals surface area (Å²) in [4.78, 5) is 13.1. The van der Waals surface area contributed by atoms with Crippen LogP contribution >= 0.6 is 11.6 Å². The summed E-state index contributed by atoms with van der Waals surface area (Å²) >= 11 is 5.98. The van der Waals surface area contributed by atoms with Crippen LogP contribution in [-0.4, -0.2) is 15.7 Å². The maximum atomic E-state index is 13.1. The molecule has 0 atom stereocenters. The van der Waals surface area contributed by atoms with Gasteiger partial charge >= 0.3 is 0 Å². The van der Waals surface area contributed by atoms with Crippen molar-refractivity contribution in [1.82, 2.24) is 9.78 Å². The van der Waals surface area contributed by atoms with Gasteiger partial charge < -0.3 is 5.32 Å². The van der Waals surface area contributed by atoms with Crippen molar-refractivity contribution in [3.05, 3.63) is 76.6 Å². The van der Waals surface area contributed by atoms with Gasteiger partial charge in [-0.15, -0.1) is 0 Å². The van der Waals surface area contributed by atoms with Crippen LogP contribution in [0.25, 0.3) is 5.69 Å². The zero-order valence-electron chi connectivity index (χ0n) is 14.8. The summed E-state index contributed by atoms with van der Waals surface area (Å²) in [6.07, 6.45) is 1.71. The molecule has 26 heavy (non-hydrogen) atoms. The van der Waals surface area contributed by atoms with Crippen LogP contribution in [0.5, 0.6) is 0 Å². The normalized spacial score (nSPS) is 14.9. The molecular formula is C21H20ClN3O. The minimum atomic E-state index is -0.446. The first-order valence-corrected chi connectivity index (χ1v) is 9.08. The van der Waals surface area contributed by atoms with Gasteiger partial charge in [0, 0.05) is 5.02 Å². The third kappa shape index (κ3) is 2.80. The van der Waals surface area contributed by atoms with Gasteiger partial charge in [-0.05, 0) is 56.5 Å². The quantitative estimate of drug-likeness (QED) is 0.721. The number of para-hydroxylation sites is 1. The number of aryl methyl sites for hydroxylation is 1. The summed E-state index contributed by atoms with van der Waals surface area (Å²) in [6, 6.07) is 17.5. The largest absolute Gasteiger partial charge is 0.322 e. The van der Waals surface area contributed by atoms with E-state index in [0.29, 0.717) is 5.02 Å². The summed E-state index contributed by atoms with van der Waals surface area (Å²) in [5.74, 6) is 0.0265. The minimum absolute atomic E-state index is 0.0265. The standard InChI is InChI=1S/C21H20ClN3O/c1-14-19(15(2)25(24-14)18-6-4-3-5-7-18)23-20(26)21(12-13-21)16-8-10-17(22)11-9-16/h3-11H,12-13H2,1-2H3,(H,23,26). The van der Waals surface area contributed by atoms with Gasteiger partial charge in [-0.2, -0.15) is 5.10 Å². The van der Waals surface area contributed by atoms with E-state index in [1.165, 1.54) is 0 Å². The highest BCUT2D eigenvalue weighted by Crippen LogP contribution is 2.49. The Morgan fingerprint density at radius 1 is 1.08 bits per heavy atom. The van der Waals surface area contributed by atoms with E-state index in [1.54, 1.807) is 0 Å². The van der Waals surface area contributed by atoms with Gasteiger partial charge in [0.25, 0.3) is 0 Å². The lowest BCUT2D eigenvalue weighted by Gasteiger charge is -2.16. The molecule has 4 nitrogen and oxygen atoms in total. The van der Waals surface area contributed by atoms with E-state index in [2.05, 4.69) is 10.4 Å². The fraction of sp³-hybridized carbons (Fsp3) is 0.238. The first kappa shape index (κ1) is 16.9. The number of hydrogen-bond acceptors (Lipinski definition) is 2. The second-order valence-electron chi connectivity index (χ2n) is 6.84. The Kier molecular flexibility index (Phi) is 4.08. The Bertz CT molecular complexity index is 957. The topological polar surface area (TPSA) is 46.9 Å². The molecule has 0 radical (unpaired) electrons. The van der Waals surface area contributed by atoms with Crippen LogP contribution in [0.2, 0.25) is 5.02 Å².